The summed E-state index contributed by atoms with van der Waals surface area (Å²) in [4.78, 5) is 12.1. The van der Waals surface area contributed by atoms with E-state index in [1.165, 1.54) is 31.3 Å². The molecular formula is C18H17F3N4O3. The van der Waals surface area contributed by atoms with Crippen molar-refractivity contribution in [2.75, 3.05) is 0 Å². The van der Waals surface area contributed by atoms with Crippen LogP contribution in [0, 0.1) is 13.8 Å². The average Bonchev–Trinajstić information content (AvgIpc) is 2.95. The minimum absolute atomic E-state index is 0.0624. The Morgan fingerprint density at radius 3 is 2.46 bits per heavy atom. The van der Waals surface area contributed by atoms with Crippen molar-refractivity contribution in [1.29, 1.82) is 0 Å². The molecule has 1 heterocycles. The SMILES string of the molecule is Cc1cc(OCc2c(-n3nnn(C)c3=O)cccc2C(F)(F)F)c(C)cc1O. The second-order valence-electron chi connectivity index (χ2n) is 6.29. The molecule has 0 unspecified atom stereocenters. The Kier molecular flexibility index (Phi) is 4.88. The smallest absolute Gasteiger partial charge is 0.416 e. The Balaban J connectivity index is 2.09. The first-order valence-corrected chi connectivity index (χ1v) is 8.21. The van der Waals surface area contributed by atoms with E-state index in [9.17, 15) is 23.1 Å². The highest BCUT2D eigenvalue weighted by Crippen LogP contribution is 2.35. The molecule has 0 aliphatic carbocycles. The van der Waals surface area contributed by atoms with E-state index >= 15 is 0 Å². The Morgan fingerprint density at radius 1 is 1.14 bits per heavy atom. The van der Waals surface area contributed by atoms with Gasteiger partial charge in [0.05, 0.1) is 11.3 Å². The van der Waals surface area contributed by atoms with E-state index in [2.05, 4.69) is 10.4 Å². The van der Waals surface area contributed by atoms with Gasteiger partial charge in [-0.05, 0) is 59.7 Å². The van der Waals surface area contributed by atoms with Crippen LogP contribution in [0.1, 0.15) is 22.3 Å². The van der Waals surface area contributed by atoms with Gasteiger partial charge < -0.3 is 9.84 Å². The molecule has 3 aromatic rings. The molecule has 1 N–H and O–H groups in total. The number of aromatic nitrogens is 4. The number of rotatable bonds is 4. The van der Waals surface area contributed by atoms with Gasteiger partial charge in [-0.2, -0.15) is 22.5 Å². The topological polar surface area (TPSA) is 82.2 Å². The Labute approximate surface area is 157 Å². The number of phenolic OH excluding ortho intramolecular Hbond substituents is 1. The number of nitrogens with zero attached hydrogens (tertiary/aromatic N) is 4. The molecule has 3 rings (SSSR count). The van der Waals surface area contributed by atoms with Gasteiger partial charge >= 0.3 is 11.9 Å². The molecule has 0 aliphatic heterocycles. The normalized spacial score (nSPS) is 11.6. The van der Waals surface area contributed by atoms with E-state index in [1.54, 1.807) is 13.8 Å². The molecule has 1 aromatic heterocycles. The Morgan fingerprint density at radius 2 is 1.86 bits per heavy atom. The van der Waals surface area contributed by atoms with Crippen LogP contribution >= 0.6 is 0 Å². The molecule has 0 saturated carbocycles. The maximum atomic E-state index is 13.6. The van der Waals surface area contributed by atoms with E-state index in [0.717, 1.165) is 15.4 Å². The van der Waals surface area contributed by atoms with Gasteiger partial charge in [0.2, 0.25) is 0 Å². The maximum Gasteiger partial charge on any atom is 0.416 e. The number of tetrazole rings is 1. The number of alkyl halides is 3. The molecule has 0 bridgehead atoms. The molecule has 0 spiro atoms. The minimum Gasteiger partial charge on any atom is -0.508 e. The van der Waals surface area contributed by atoms with E-state index in [-0.39, 0.29) is 17.0 Å². The molecule has 10 heteroatoms. The summed E-state index contributed by atoms with van der Waals surface area (Å²) in [5, 5.41) is 16.9. The fourth-order valence-corrected chi connectivity index (χ4v) is 2.74. The summed E-state index contributed by atoms with van der Waals surface area (Å²) in [7, 11) is 1.35. The molecule has 0 amide bonds. The first kappa shape index (κ1) is 19.5. The summed E-state index contributed by atoms with van der Waals surface area (Å²) in [6, 6.07) is 6.46. The van der Waals surface area contributed by atoms with Gasteiger partial charge in [0.15, 0.2) is 0 Å². The van der Waals surface area contributed by atoms with Crippen molar-refractivity contribution < 1.29 is 23.0 Å². The molecule has 2 aromatic carbocycles. The highest BCUT2D eigenvalue weighted by atomic mass is 19.4. The van der Waals surface area contributed by atoms with E-state index < -0.39 is 24.0 Å². The van der Waals surface area contributed by atoms with Crippen molar-refractivity contribution >= 4 is 0 Å². The summed E-state index contributed by atoms with van der Waals surface area (Å²) in [6.07, 6.45) is -4.65. The predicted molar refractivity (Wildman–Crippen MR) is 93.5 cm³/mol. The van der Waals surface area contributed by atoms with Crippen LogP contribution in [-0.4, -0.2) is 24.9 Å². The van der Waals surface area contributed by atoms with Crippen molar-refractivity contribution in [2.45, 2.75) is 26.6 Å². The van der Waals surface area contributed by atoms with Crippen LogP contribution in [0.2, 0.25) is 0 Å². The highest BCUT2D eigenvalue weighted by Gasteiger charge is 2.35. The van der Waals surface area contributed by atoms with Crippen molar-refractivity contribution in [3.8, 4) is 17.2 Å². The summed E-state index contributed by atoms with van der Waals surface area (Å²) in [5.74, 6) is 0.386. The summed E-state index contributed by atoms with van der Waals surface area (Å²) in [5.41, 5.74) is -0.849. The average molecular weight is 394 g/mol. The molecule has 0 saturated heterocycles. The quantitative estimate of drug-likeness (QED) is 0.736. The Bertz CT molecular complexity index is 1090. The fraction of sp³-hybridized carbons (Fsp3) is 0.278. The number of hydrogen-bond donors (Lipinski definition) is 1. The zero-order valence-electron chi connectivity index (χ0n) is 15.3. The minimum atomic E-state index is -4.65. The van der Waals surface area contributed by atoms with E-state index in [1.807, 2.05) is 0 Å². The van der Waals surface area contributed by atoms with Crippen LogP contribution in [-0.2, 0) is 19.8 Å². The molecular weight excluding hydrogens is 377 g/mol. The van der Waals surface area contributed by atoms with Gasteiger partial charge in [0.25, 0.3) is 0 Å². The molecule has 148 valence electrons. The first-order valence-electron chi connectivity index (χ1n) is 8.21. The van der Waals surface area contributed by atoms with E-state index in [0.29, 0.717) is 16.9 Å². The van der Waals surface area contributed by atoms with Gasteiger partial charge in [0, 0.05) is 12.6 Å². The number of benzene rings is 2. The zero-order chi connectivity index (χ0) is 20.6. The molecule has 0 fully saturated rings. The largest absolute Gasteiger partial charge is 0.508 e. The molecule has 7 nitrogen and oxygen atoms in total. The third kappa shape index (κ3) is 3.57. The maximum absolute atomic E-state index is 13.6. The summed E-state index contributed by atoms with van der Waals surface area (Å²) >= 11 is 0. The third-order valence-corrected chi connectivity index (χ3v) is 4.27. The highest BCUT2D eigenvalue weighted by molar-refractivity contribution is 5.48. The van der Waals surface area contributed by atoms with Crippen LogP contribution in [0.4, 0.5) is 13.2 Å². The van der Waals surface area contributed by atoms with Crippen molar-refractivity contribution in [3.63, 3.8) is 0 Å². The van der Waals surface area contributed by atoms with Gasteiger partial charge in [0.1, 0.15) is 18.1 Å². The Hall–Kier alpha value is -3.30. The fourth-order valence-electron chi connectivity index (χ4n) is 2.74. The number of ether oxygens (including phenoxy) is 1. The van der Waals surface area contributed by atoms with Gasteiger partial charge in [-0.3, -0.25) is 0 Å². The van der Waals surface area contributed by atoms with E-state index in [4.69, 9.17) is 4.74 Å². The predicted octanol–water partition coefficient (Wildman–Crippen LogP) is 2.89. The third-order valence-electron chi connectivity index (χ3n) is 4.27. The van der Waals surface area contributed by atoms with Crippen LogP contribution in [0.3, 0.4) is 0 Å². The second kappa shape index (κ2) is 7.02. The summed E-state index contributed by atoms with van der Waals surface area (Å²) < 4.78 is 48.0. The van der Waals surface area contributed by atoms with Crippen LogP contribution in [0.5, 0.6) is 11.5 Å². The number of aryl methyl sites for hydroxylation is 3. The van der Waals surface area contributed by atoms with Gasteiger partial charge in [-0.1, -0.05) is 6.07 Å². The monoisotopic (exact) mass is 394 g/mol. The van der Waals surface area contributed by atoms with Crippen molar-refractivity contribution in [2.24, 2.45) is 7.05 Å². The van der Waals surface area contributed by atoms with Crippen molar-refractivity contribution in [3.05, 3.63) is 63.1 Å². The lowest BCUT2D eigenvalue weighted by molar-refractivity contribution is -0.138. The number of aromatic hydroxyl groups is 1. The molecule has 0 radical (unpaired) electrons. The lowest BCUT2D eigenvalue weighted by Gasteiger charge is -2.18. The van der Waals surface area contributed by atoms with Crippen LogP contribution < -0.4 is 10.4 Å². The lowest BCUT2D eigenvalue weighted by Crippen LogP contribution is -2.24. The number of halogens is 3. The summed E-state index contributed by atoms with van der Waals surface area (Å²) in [6.45, 7) is 2.85. The molecule has 0 aliphatic rings. The number of phenols is 1. The number of hydrogen-bond acceptors (Lipinski definition) is 5. The second-order valence-corrected chi connectivity index (χ2v) is 6.29. The first-order chi connectivity index (χ1) is 13.1. The molecule has 28 heavy (non-hydrogen) atoms. The molecule has 0 atom stereocenters. The van der Waals surface area contributed by atoms with Gasteiger partial charge in [-0.25, -0.2) is 4.79 Å². The zero-order valence-corrected chi connectivity index (χ0v) is 15.3. The lowest BCUT2D eigenvalue weighted by atomic mass is 10.1. The van der Waals surface area contributed by atoms with Gasteiger partial charge in [-0.15, -0.1) is 0 Å². The van der Waals surface area contributed by atoms with Crippen LogP contribution in [0.15, 0.2) is 35.1 Å². The van der Waals surface area contributed by atoms with Crippen LogP contribution in [0.25, 0.3) is 5.69 Å². The standard InChI is InChI=1S/C18H17F3N4O3/c1-10-8-16(11(2)7-15(10)26)28-9-12-13(18(19,20)21)5-4-6-14(12)25-17(27)24(3)22-23-25/h4-8,26H,9H2,1-3H3. The van der Waals surface area contributed by atoms with Crippen molar-refractivity contribution in [1.82, 2.24) is 19.8 Å².